The normalized spacial score (nSPS) is 10.6. The smallest absolute Gasteiger partial charge is 0.318 e. The van der Waals surface area contributed by atoms with Crippen LogP contribution in [0.2, 0.25) is 0 Å². The van der Waals surface area contributed by atoms with Gasteiger partial charge in [0.2, 0.25) is 5.75 Å². The van der Waals surface area contributed by atoms with Gasteiger partial charge < -0.3 is 14.2 Å². The Kier molecular flexibility index (Phi) is 8.52. The van der Waals surface area contributed by atoms with Crippen LogP contribution < -0.4 is 19.6 Å². The summed E-state index contributed by atoms with van der Waals surface area (Å²) in [5, 5.41) is 26.1. The maximum absolute atomic E-state index is 12.4. The summed E-state index contributed by atoms with van der Waals surface area (Å²) in [4.78, 5) is 33.1. The minimum absolute atomic E-state index is 0.161. The van der Waals surface area contributed by atoms with E-state index in [-0.39, 0.29) is 11.5 Å². The van der Waals surface area contributed by atoms with Crippen LogP contribution in [0.5, 0.6) is 23.0 Å². The SMILES string of the molecule is CCOc1ccc(C(=O)N/N=C/c2ccc(Oc3ccc([N+](=O)[O-])cc3[N+](=O)[O-])c(Br)c2)cc1OC. The lowest BCUT2D eigenvalue weighted by molar-refractivity contribution is -0.394. The van der Waals surface area contributed by atoms with Crippen molar-refractivity contribution in [3.05, 3.63) is 90.4 Å². The van der Waals surface area contributed by atoms with Gasteiger partial charge in [0.05, 0.1) is 40.3 Å². The lowest BCUT2D eigenvalue weighted by atomic mass is 10.2. The van der Waals surface area contributed by atoms with Gasteiger partial charge in [-0.1, -0.05) is 0 Å². The van der Waals surface area contributed by atoms with Crippen molar-refractivity contribution in [2.45, 2.75) is 6.92 Å². The molecule has 0 aromatic heterocycles. The first-order chi connectivity index (χ1) is 17.2. The highest BCUT2D eigenvalue weighted by Crippen LogP contribution is 2.37. The van der Waals surface area contributed by atoms with Gasteiger partial charge in [-0.2, -0.15) is 5.10 Å². The molecule has 186 valence electrons. The summed E-state index contributed by atoms with van der Waals surface area (Å²) in [6.45, 7) is 2.29. The van der Waals surface area contributed by atoms with Gasteiger partial charge >= 0.3 is 5.69 Å². The highest BCUT2D eigenvalue weighted by molar-refractivity contribution is 9.10. The van der Waals surface area contributed by atoms with E-state index < -0.39 is 27.1 Å². The van der Waals surface area contributed by atoms with Gasteiger partial charge in [0.25, 0.3) is 11.6 Å². The van der Waals surface area contributed by atoms with Crippen molar-refractivity contribution in [1.82, 2.24) is 5.43 Å². The minimum Gasteiger partial charge on any atom is -0.493 e. The fourth-order valence-corrected chi connectivity index (χ4v) is 3.44. The number of halogens is 1. The molecular formula is C23H19BrN4O8. The highest BCUT2D eigenvalue weighted by atomic mass is 79.9. The van der Waals surface area contributed by atoms with Crippen LogP contribution in [0.4, 0.5) is 11.4 Å². The summed E-state index contributed by atoms with van der Waals surface area (Å²) in [5.41, 5.74) is 2.35. The van der Waals surface area contributed by atoms with Crippen LogP contribution in [0, 0.1) is 20.2 Å². The average molecular weight is 559 g/mol. The number of hydrazone groups is 1. The number of hydrogen-bond acceptors (Lipinski definition) is 9. The fraction of sp³-hybridized carbons (Fsp3) is 0.130. The molecule has 1 N–H and O–H groups in total. The van der Waals surface area contributed by atoms with Crippen LogP contribution in [-0.2, 0) is 0 Å². The molecule has 3 aromatic carbocycles. The first-order valence-electron chi connectivity index (χ1n) is 10.3. The van der Waals surface area contributed by atoms with Crippen molar-refractivity contribution in [2.75, 3.05) is 13.7 Å². The van der Waals surface area contributed by atoms with Gasteiger partial charge in [-0.15, -0.1) is 0 Å². The molecule has 3 aromatic rings. The second-order valence-corrected chi connectivity index (χ2v) is 7.81. The third-order valence-corrected chi connectivity index (χ3v) is 5.25. The summed E-state index contributed by atoms with van der Waals surface area (Å²) < 4.78 is 16.7. The maximum atomic E-state index is 12.4. The molecule has 3 rings (SSSR count). The Balaban J connectivity index is 1.70. The summed E-state index contributed by atoms with van der Waals surface area (Å²) >= 11 is 3.32. The lowest BCUT2D eigenvalue weighted by Crippen LogP contribution is -2.17. The first-order valence-corrected chi connectivity index (χ1v) is 11.1. The number of nitro benzene ring substituents is 2. The third-order valence-electron chi connectivity index (χ3n) is 4.63. The Morgan fingerprint density at radius 2 is 1.72 bits per heavy atom. The van der Waals surface area contributed by atoms with E-state index in [1.165, 1.54) is 25.5 Å². The molecule has 0 heterocycles. The zero-order chi connectivity index (χ0) is 26.2. The number of nitrogens with one attached hydrogen (secondary N) is 1. The minimum atomic E-state index is -0.764. The topological polar surface area (TPSA) is 155 Å². The number of non-ortho nitro benzene ring substituents is 1. The number of methoxy groups -OCH3 is 1. The van der Waals surface area contributed by atoms with E-state index in [0.717, 1.165) is 18.2 Å². The lowest BCUT2D eigenvalue weighted by Gasteiger charge is -2.10. The first kappa shape index (κ1) is 26.1. The number of rotatable bonds is 10. The molecule has 0 radical (unpaired) electrons. The van der Waals surface area contributed by atoms with E-state index in [4.69, 9.17) is 14.2 Å². The number of nitro groups is 2. The van der Waals surface area contributed by atoms with E-state index in [2.05, 4.69) is 26.5 Å². The molecule has 36 heavy (non-hydrogen) atoms. The van der Waals surface area contributed by atoms with Crippen molar-refractivity contribution in [3.8, 4) is 23.0 Å². The Morgan fingerprint density at radius 3 is 2.36 bits per heavy atom. The number of carbonyl (C=O) groups excluding carboxylic acids is 1. The molecular weight excluding hydrogens is 540 g/mol. The van der Waals surface area contributed by atoms with Crippen molar-refractivity contribution >= 4 is 39.4 Å². The summed E-state index contributed by atoms with van der Waals surface area (Å²) in [6.07, 6.45) is 1.40. The van der Waals surface area contributed by atoms with E-state index in [1.54, 1.807) is 24.3 Å². The van der Waals surface area contributed by atoms with Gasteiger partial charge in [0.1, 0.15) is 5.75 Å². The Hall–Kier alpha value is -4.52. The molecule has 0 spiro atoms. The molecule has 0 saturated carbocycles. The zero-order valence-corrected chi connectivity index (χ0v) is 20.6. The number of nitrogens with zero attached hydrogens (tertiary/aromatic N) is 3. The molecule has 0 unspecified atom stereocenters. The van der Waals surface area contributed by atoms with Crippen LogP contribution in [-0.4, -0.2) is 35.7 Å². The van der Waals surface area contributed by atoms with Gasteiger partial charge in [0, 0.05) is 11.6 Å². The third kappa shape index (κ3) is 6.33. The standard InChI is InChI=1S/C23H19BrN4O8/c1-3-35-21-8-5-15(11-22(21)34-2)23(29)26-25-13-14-4-7-19(17(24)10-14)36-20-9-6-16(27(30)31)12-18(20)28(32)33/h4-13H,3H2,1-2H3,(H,26,29)/b25-13+. The van der Waals surface area contributed by atoms with E-state index >= 15 is 0 Å². The van der Waals surface area contributed by atoms with Gasteiger partial charge in [-0.05, 0) is 70.9 Å². The molecule has 0 fully saturated rings. The fourth-order valence-electron chi connectivity index (χ4n) is 2.96. The monoisotopic (exact) mass is 558 g/mol. The van der Waals surface area contributed by atoms with Crippen molar-refractivity contribution in [2.24, 2.45) is 5.10 Å². The molecule has 13 heteroatoms. The van der Waals surface area contributed by atoms with Gasteiger partial charge in [0.15, 0.2) is 11.5 Å². The summed E-state index contributed by atoms with van der Waals surface area (Å²) in [7, 11) is 1.47. The molecule has 0 aliphatic rings. The van der Waals surface area contributed by atoms with E-state index in [1.807, 2.05) is 6.92 Å². The predicted molar refractivity (Wildman–Crippen MR) is 133 cm³/mol. The maximum Gasteiger partial charge on any atom is 0.318 e. The Bertz CT molecular complexity index is 1350. The Morgan fingerprint density at radius 1 is 1.00 bits per heavy atom. The van der Waals surface area contributed by atoms with E-state index in [0.29, 0.717) is 33.7 Å². The Labute approximate surface area is 212 Å². The highest BCUT2D eigenvalue weighted by Gasteiger charge is 2.21. The molecule has 12 nitrogen and oxygen atoms in total. The quantitative estimate of drug-likeness (QED) is 0.201. The molecule has 0 aliphatic heterocycles. The van der Waals surface area contributed by atoms with Crippen LogP contribution in [0.25, 0.3) is 0 Å². The van der Waals surface area contributed by atoms with Crippen molar-refractivity contribution in [1.29, 1.82) is 0 Å². The molecule has 0 bridgehead atoms. The number of amides is 1. The van der Waals surface area contributed by atoms with Crippen LogP contribution >= 0.6 is 15.9 Å². The number of hydrogen-bond donors (Lipinski definition) is 1. The second kappa shape index (κ2) is 11.8. The molecule has 1 amide bonds. The van der Waals surface area contributed by atoms with E-state index in [9.17, 15) is 25.0 Å². The van der Waals surface area contributed by atoms with Crippen molar-refractivity contribution in [3.63, 3.8) is 0 Å². The summed E-state index contributed by atoms with van der Waals surface area (Å²) in [6, 6.07) is 12.6. The van der Waals surface area contributed by atoms with Crippen LogP contribution in [0.1, 0.15) is 22.8 Å². The number of ether oxygens (including phenoxy) is 3. The number of carbonyl (C=O) groups is 1. The van der Waals surface area contributed by atoms with Crippen molar-refractivity contribution < 1.29 is 28.9 Å². The second-order valence-electron chi connectivity index (χ2n) is 6.96. The van der Waals surface area contributed by atoms with Crippen LogP contribution in [0.15, 0.2) is 64.2 Å². The average Bonchev–Trinajstić information content (AvgIpc) is 2.85. The van der Waals surface area contributed by atoms with Gasteiger partial charge in [-0.3, -0.25) is 25.0 Å². The molecule has 0 atom stereocenters. The summed E-state index contributed by atoms with van der Waals surface area (Å²) in [5.74, 6) is 0.546. The molecule has 0 aliphatic carbocycles. The molecule has 0 saturated heterocycles. The predicted octanol–water partition coefficient (Wildman–Crippen LogP) is 5.23. The van der Waals surface area contributed by atoms with Gasteiger partial charge in [-0.25, -0.2) is 5.43 Å². The van der Waals surface area contributed by atoms with Crippen LogP contribution in [0.3, 0.4) is 0 Å². The number of benzene rings is 3. The largest absolute Gasteiger partial charge is 0.493 e. The zero-order valence-electron chi connectivity index (χ0n) is 19.0.